The van der Waals surface area contributed by atoms with Gasteiger partial charge in [0.25, 0.3) is 5.56 Å². The molecule has 5 nitrogen and oxygen atoms in total. The van der Waals surface area contributed by atoms with Gasteiger partial charge in [-0.1, -0.05) is 30.0 Å². The van der Waals surface area contributed by atoms with Gasteiger partial charge >= 0.3 is 0 Å². The van der Waals surface area contributed by atoms with Crippen LogP contribution in [0.15, 0.2) is 56.9 Å². The molecule has 2 heterocycles. The second-order valence-electron chi connectivity index (χ2n) is 6.91. The fourth-order valence-corrected chi connectivity index (χ4v) is 4.72. The van der Waals surface area contributed by atoms with Gasteiger partial charge in [-0.25, -0.2) is 8.78 Å². The first-order valence-corrected chi connectivity index (χ1v) is 10.8. The van der Waals surface area contributed by atoms with E-state index < -0.39 is 17.3 Å². The summed E-state index contributed by atoms with van der Waals surface area (Å²) >= 11 is 4.47. The number of aromatic nitrogens is 2. The predicted octanol–water partition coefficient (Wildman–Crippen LogP) is 4.59. The Morgan fingerprint density at radius 1 is 1.20 bits per heavy atom. The van der Waals surface area contributed by atoms with Gasteiger partial charge in [-0.05, 0) is 51.3 Å². The van der Waals surface area contributed by atoms with Crippen molar-refractivity contribution in [2.24, 2.45) is 7.05 Å². The summed E-state index contributed by atoms with van der Waals surface area (Å²) in [7, 11) is 1.72. The maximum Gasteiger partial charge on any atom is 0.279 e. The van der Waals surface area contributed by atoms with E-state index in [1.807, 2.05) is 0 Å². The zero-order valence-electron chi connectivity index (χ0n) is 15.8. The number of anilines is 1. The molecule has 0 unspecified atom stereocenters. The Kier molecular flexibility index (Phi) is 5.75. The van der Waals surface area contributed by atoms with E-state index in [0.717, 1.165) is 5.56 Å². The minimum atomic E-state index is -0.520. The first-order chi connectivity index (χ1) is 14.3. The van der Waals surface area contributed by atoms with Gasteiger partial charge in [0.1, 0.15) is 17.5 Å². The van der Waals surface area contributed by atoms with Crippen molar-refractivity contribution in [1.82, 2.24) is 9.55 Å². The number of fused-ring (bicyclic) bond motifs is 1. The molecule has 0 aliphatic carbocycles. The Hall–Kier alpha value is -2.52. The molecule has 1 aliphatic heterocycles. The van der Waals surface area contributed by atoms with Crippen LogP contribution in [0.5, 0.6) is 0 Å². The molecular weight excluding hydrogens is 476 g/mol. The van der Waals surface area contributed by atoms with Crippen LogP contribution in [0.4, 0.5) is 14.6 Å². The summed E-state index contributed by atoms with van der Waals surface area (Å²) in [5, 5.41) is 3.21. The number of halogens is 3. The smallest absolute Gasteiger partial charge is 0.279 e. The van der Waals surface area contributed by atoms with E-state index in [1.54, 1.807) is 35.9 Å². The Balaban J connectivity index is 1.71. The number of carbonyl (C=O) groups excluding carboxylic acids is 1. The van der Waals surface area contributed by atoms with Crippen LogP contribution in [-0.2, 0) is 17.6 Å². The van der Waals surface area contributed by atoms with Crippen molar-refractivity contribution in [3.8, 4) is 0 Å². The molecule has 4 rings (SSSR count). The number of nitrogens with zero attached hydrogens (tertiary/aromatic N) is 2. The van der Waals surface area contributed by atoms with Gasteiger partial charge in [0.15, 0.2) is 5.16 Å². The Morgan fingerprint density at radius 2 is 1.93 bits per heavy atom. The Labute approximate surface area is 183 Å². The number of rotatable bonds is 4. The number of benzene rings is 2. The lowest BCUT2D eigenvalue weighted by atomic mass is 9.87. The topological polar surface area (TPSA) is 64.0 Å². The van der Waals surface area contributed by atoms with Gasteiger partial charge < -0.3 is 9.88 Å². The number of hydrogen-bond acceptors (Lipinski definition) is 4. The Morgan fingerprint density at radius 3 is 2.63 bits per heavy atom. The van der Waals surface area contributed by atoms with Crippen LogP contribution in [0.25, 0.3) is 0 Å². The number of amides is 1. The molecule has 154 valence electrons. The van der Waals surface area contributed by atoms with E-state index in [9.17, 15) is 18.4 Å². The molecule has 1 atom stereocenters. The zero-order chi connectivity index (χ0) is 21.4. The van der Waals surface area contributed by atoms with Crippen molar-refractivity contribution in [2.45, 2.75) is 23.2 Å². The summed E-state index contributed by atoms with van der Waals surface area (Å²) in [6, 6.07) is 10.5. The lowest BCUT2D eigenvalue weighted by molar-refractivity contribution is -0.116. The normalized spacial score (nSPS) is 15.6. The van der Waals surface area contributed by atoms with Crippen LogP contribution in [0, 0.1) is 11.6 Å². The largest absolute Gasteiger partial charge is 0.312 e. The molecular formula is C21H16BrF2N3O2S. The van der Waals surface area contributed by atoms with Gasteiger partial charge in [-0.2, -0.15) is 4.98 Å². The summed E-state index contributed by atoms with van der Waals surface area (Å²) in [5.41, 5.74) is 1.48. The van der Waals surface area contributed by atoms with E-state index in [-0.39, 0.29) is 22.6 Å². The average Bonchev–Trinajstić information content (AvgIpc) is 2.72. The molecule has 1 aromatic heterocycles. The van der Waals surface area contributed by atoms with Gasteiger partial charge in [0.05, 0.1) is 10.0 Å². The van der Waals surface area contributed by atoms with Crippen LogP contribution in [-0.4, -0.2) is 15.5 Å². The number of nitrogens with one attached hydrogen (secondary N) is 1. The fraction of sp³-hybridized carbons (Fsp3) is 0.190. The van der Waals surface area contributed by atoms with Crippen molar-refractivity contribution in [2.75, 3.05) is 5.32 Å². The molecule has 0 saturated heterocycles. The molecule has 0 bridgehead atoms. The summed E-state index contributed by atoms with van der Waals surface area (Å²) in [6.45, 7) is 0. The molecule has 1 N–H and O–H groups in total. The predicted molar refractivity (Wildman–Crippen MR) is 115 cm³/mol. The quantitative estimate of drug-likeness (QED) is 0.428. The monoisotopic (exact) mass is 491 g/mol. The summed E-state index contributed by atoms with van der Waals surface area (Å²) in [6.07, 6.45) is 0.0735. The second kappa shape index (κ2) is 8.31. The van der Waals surface area contributed by atoms with Crippen LogP contribution in [0.2, 0.25) is 0 Å². The lowest BCUT2D eigenvalue weighted by Crippen LogP contribution is -2.33. The van der Waals surface area contributed by atoms with Crippen molar-refractivity contribution in [1.29, 1.82) is 0 Å². The summed E-state index contributed by atoms with van der Waals surface area (Å²) in [4.78, 5) is 29.5. The third-order valence-electron chi connectivity index (χ3n) is 4.93. The van der Waals surface area contributed by atoms with E-state index in [1.165, 1.54) is 30.0 Å². The maximum atomic E-state index is 13.7. The second-order valence-corrected chi connectivity index (χ2v) is 8.71. The molecule has 0 fully saturated rings. The van der Waals surface area contributed by atoms with E-state index in [4.69, 9.17) is 0 Å². The van der Waals surface area contributed by atoms with Crippen molar-refractivity contribution in [3.05, 3.63) is 85.6 Å². The molecule has 3 aromatic rings. The Bertz CT molecular complexity index is 1200. The average molecular weight is 492 g/mol. The van der Waals surface area contributed by atoms with Crippen LogP contribution >= 0.6 is 27.7 Å². The van der Waals surface area contributed by atoms with Crippen molar-refractivity contribution in [3.63, 3.8) is 0 Å². The fourth-order valence-electron chi connectivity index (χ4n) is 3.41. The van der Waals surface area contributed by atoms with Gasteiger partial charge in [0, 0.05) is 25.1 Å². The molecule has 9 heteroatoms. The number of thioether (sulfide) groups is 1. The first-order valence-electron chi connectivity index (χ1n) is 9.06. The molecule has 1 amide bonds. The van der Waals surface area contributed by atoms with Crippen molar-refractivity contribution >= 4 is 39.4 Å². The van der Waals surface area contributed by atoms with E-state index in [0.29, 0.717) is 27.9 Å². The first kappa shape index (κ1) is 20.7. The van der Waals surface area contributed by atoms with Gasteiger partial charge in [-0.15, -0.1) is 0 Å². The minimum Gasteiger partial charge on any atom is -0.312 e. The molecule has 0 radical (unpaired) electrons. The highest BCUT2D eigenvalue weighted by Gasteiger charge is 2.32. The van der Waals surface area contributed by atoms with Crippen molar-refractivity contribution < 1.29 is 13.6 Å². The van der Waals surface area contributed by atoms with Crippen LogP contribution < -0.4 is 10.9 Å². The third-order valence-corrected chi connectivity index (χ3v) is 6.64. The van der Waals surface area contributed by atoms with Gasteiger partial charge in [0.2, 0.25) is 5.91 Å². The highest BCUT2D eigenvalue weighted by atomic mass is 79.9. The molecule has 0 spiro atoms. The number of carbonyl (C=O) groups is 1. The SMILES string of the molecule is Cn1c(SCc2ccc(F)cc2)nc(=O)c2c1NC(=O)C[C@@H]2c1ccc(F)c(Br)c1. The minimum absolute atomic E-state index is 0.0735. The van der Waals surface area contributed by atoms with Gasteiger partial charge in [-0.3, -0.25) is 9.59 Å². The lowest BCUT2D eigenvalue weighted by Gasteiger charge is -2.27. The summed E-state index contributed by atoms with van der Waals surface area (Å²) in [5.74, 6) is -0.612. The highest BCUT2D eigenvalue weighted by molar-refractivity contribution is 9.10. The highest BCUT2D eigenvalue weighted by Crippen LogP contribution is 2.37. The molecule has 30 heavy (non-hydrogen) atoms. The van der Waals surface area contributed by atoms with Crippen LogP contribution in [0.1, 0.15) is 29.0 Å². The zero-order valence-corrected chi connectivity index (χ0v) is 18.2. The standard InChI is InChI=1S/C21H16BrF2N3O2S/c1-27-19-18(14(9-17(28)25-19)12-4-7-16(24)15(22)8-12)20(29)26-21(27)30-10-11-2-5-13(23)6-3-11/h2-8,14H,9-10H2,1H3,(H,25,28)/t14-/m1/s1. The molecule has 0 saturated carbocycles. The van der Waals surface area contributed by atoms with E-state index >= 15 is 0 Å². The summed E-state index contributed by atoms with van der Waals surface area (Å²) < 4.78 is 28.7. The third kappa shape index (κ3) is 4.04. The maximum absolute atomic E-state index is 13.7. The number of hydrogen-bond donors (Lipinski definition) is 1. The molecule has 1 aliphatic rings. The molecule has 2 aromatic carbocycles. The van der Waals surface area contributed by atoms with Crippen LogP contribution in [0.3, 0.4) is 0 Å². The van der Waals surface area contributed by atoms with E-state index in [2.05, 4.69) is 26.2 Å².